The first-order valence-corrected chi connectivity index (χ1v) is 9.74. The smallest absolute Gasteiger partial charge is 0.240 e. The number of hydrogen-bond donors (Lipinski definition) is 3. The maximum atomic E-state index is 14.3. The minimum Gasteiger partial charge on any atom is -0.504 e. The predicted molar refractivity (Wildman–Crippen MR) is 97.8 cm³/mol. The highest BCUT2D eigenvalue weighted by Crippen LogP contribution is 2.33. The van der Waals surface area contributed by atoms with Crippen LogP contribution in [0.3, 0.4) is 0 Å². The zero-order valence-corrected chi connectivity index (χ0v) is 15.8. The van der Waals surface area contributed by atoms with Gasteiger partial charge in [-0.2, -0.15) is 0 Å². The summed E-state index contributed by atoms with van der Waals surface area (Å²) < 4.78 is 46.2. The number of carbonyl (C=O) groups excluding carboxylic acids is 1. The number of phenolic OH excluding ortho intramolecular Hbond substituents is 1. The van der Waals surface area contributed by atoms with E-state index in [-0.39, 0.29) is 41.1 Å². The number of halogens is 1. The molecule has 0 aliphatic carbocycles. The van der Waals surface area contributed by atoms with E-state index in [1.54, 1.807) is 6.07 Å². The second-order valence-corrected chi connectivity index (χ2v) is 7.50. The number of ether oxygens (including phenoxy) is 1. The highest BCUT2D eigenvalue weighted by atomic mass is 32.2. The van der Waals surface area contributed by atoms with E-state index in [4.69, 9.17) is 4.74 Å². The van der Waals surface area contributed by atoms with E-state index in [1.807, 2.05) is 6.92 Å². The Kier molecular flexibility index (Phi) is 6.75. The first kappa shape index (κ1) is 20.7. The number of nitrogens with one attached hydrogen (secondary N) is 2. The van der Waals surface area contributed by atoms with Crippen LogP contribution in [0.4, 0.5) is 4.39 Å². The molecule has 27 heavy (non-hydrogen) atoms. The van der Waals surface area contributed by atoms with E-state index in [1.165, 1.54) is 31.2 Å². The quantitative estimate of drug-likeness (QED) is 0.594. The van der Waals surface area contributed by atoms with Crippen LogP contribution in [0, 0.1) is 5.82 Å². The second-order valence-electron chi connectivity index (χ2n) is 5.73. The second kappa shape index (κ2) is 8.83. The number of rotatable bonds is 8. The molecule has 0 atom stereocenters. The fourth-order valence-electron chi connectivity index (χ4n) is 2.23. The Labute approximate surface area is 157 Å². The standard InChI is InChI=1S/C18H21FN2O5S/c1-3-13-4-6-18(16(23)10-13)26-17-7-5-14(11-15(17)19)27(24,25)21-9-8-20-12(2)22/h4-7,10-11,21,23H,3,8-9H2,1-2H3,(H,20,22). The van der Waals surface area contributed by atoms with E-state index in [0.29, 0.717) is 0 Å². The fraction of sp³-hybridized carbons (Fsp3) is 0.278. The lowest BCUT2D eigenvalue weighted by molar-refractivity contribution is -0.118. The Morgan fingerprint density at radius 3 is 2.44 bits per heavy atom. The summed E-state index contributed by atoms with van der Waals surface area (Å²) in [6.07, 6.45) is 0.726. The largest absolute Gasteiger partial charge is 0.504 e. The van der Waals surface area contributed by atoms with E-state index in [2.05, 4.69) is 10.0 Å². The number of carbonyl (C=O) groups is 1. The molecule has 0 radical (unpaired) electrons. The van der Waals surface area contributed by atoms with Gasteiger partial charge in [0.05, 0.1) is 4.90 Å². The van der Waals surface area contributed by atoms with Crippen LogP contribution in [0.2, 0.25) is 0 Å². The molecule has 0 saturated heterocycles. The van der Waals surface area contributed by atoms with Crippen molar-refractivity contribution >= 4 is 15.9 Å². The third-order valence-corrected chi connectivity index (χ3v) is 5.11. The number of phenols is 1. The molecule has 3 N–H and O–H groups in total. The topological polar surface area (TPSA) is 105 Å². The third-order valence-electron chi connectivity index (χ3n) is 3.66. The average molecular weight is 396 g/mol. The molecule has 0 bridgehead atoms. The molecule has 2 aromatic rings. The first-order valence-electron chi connectivity index (χ1n) is 8.26. The highest BCUT2D eigenvalue weighted by Gasteiger charge is 2.17. The number of sulfonamides is 1. The minimum absolute atomic E-state index is 0.0283. The van der Waals surface area contributed by atoms with Gasteiger partial charge >= 0.3 is 0 Å². The molecule has 0 unspecified atom stereocenters. The molecule has 9 heteroatoms. The summed E-state index contributed by atoms with van der Waals surface area (Å²) in [5.41, 5.74) is 0.895. The van der Waals surface area contributed by atoms with Crippen molar-refractivity contribution in [3.8, 4) is 17.2 Å². The summed E-state index contributed by atoms with van der Waals surface area (Å²) in [6.45, 7) is 3.33. The van der Waals surface area contributed by atoms with Crippen LogP contribution >= 0.6 is 0 Å². The number of amides is 1. The van der Waals surface area contributed by atoms with Crippen LogP contribution < -0.4 is 14.8 Å². The average Bonchev–Trinajstić information content (AvgIpc) is 2.61. The fourth-order valence-corrected chi connectivity index (χ4v) is 3.27. The SMILES string of the molecule is CCc1ccc(Oc2ccc(S(=O)(=O)NCCNC(C)=O)cc2F)c(O)c1. The van der Waals surface area contributed by atoms with Crippen LogP contribution in [-0.2, 0) is 21.2 Å². The Bertz CT molecular complexity index is 931. The van der Waals surface area contributed by atoms with Crippen LogP contribution in [0.15, 0.2) is 41.3 Å². The minimum atomic E-state index is -3.93. The van der Waals surface area contributed by atoms with E-state index in [9.17, 15) is 22.7 Å². The van der Waals surface area contributed by atoms with Crippen LogP contribution in [-0.4, -0.2) is 32.5 Å². The van der Waals surface area contributed by atoms with Gasteiger partial charge < -0.3 is 15.2 Å². The molecule has 0 aliphatic heterocycles. The van der Waals surface area contributed by atoms with Crippen LogP contribution in [0.5, 0.6) is 17.2 Å². The van der Waals surface area contributed by atoms with Crippen LogP contribution in [0.25, 0.3) is 0 Å². The van der Waals surface area contributed by atoms with Crippen LogP contribution in [0.1, 0.15) is 19.4 Å². The molecule has 0 aromatic heterocycles. The van der Waals surface area contributed by atoms with Gasteiger partial charge in [0.25, 0.3) is 0 Å². The summed E-state index contributed by atoms with van der Waals surface area (Å²) in [7, 11) is -3.93. The number of hydrogen-bond acceptors (Lipinski definition) is 5. The van der Waals surface area contributed by atoms with E-state index < -0.39 is 15.8 Å². The van der Waals surface area contributed by atoms with Crippen molar-refractivity contribution in [1.82, 2.24) is 10.0 Å². The van der Waals surface area contributed by atoms with Crippen molar-refractivity contribution in [2.45, 2.75) is 25.2 Å². The van der Waals surface area contributed by atoms with Gasteiger partial charge in [-0.25, -0.2) is 17.5 Å². The van der Waals surface area contributed by atoms with Gasteiger partial charge in [-0.05, 0) is 42.3 Å². The van der Waals surface area contributed by atoms with Gasteiger partial charge in [0.15, 0.2) is 23.1 Å². The Balaban J connectivity index is 2.11. The first-order chi connectivity index (χ1) is 12.7. The summed E-state index contributed by atoms with van der Waals surface area (Å²) >= 11 is 0. The molecule has 0 saturated carbocycles. The molecule has 2 aromatic carbocycles. The lowest BCUT2D eigenvalue weighted by Crippen LogP contribution is -2.33. The van der Waals surface area contributed by atoms with E-state index in [0.717, 1.165) is 18.1 Å². The molecule has 0 fully saturated rings. The molecule has 2 rings (SSSR count). The lowest BCUT2D eigenvalue weighted by Gasteiger charge is -2.11. The van der Waals surface area contributed by atoms with E-state index >= 15 is 0 Å². The van der Waals surface area contributed by atoms with Crippen molar-refractivity contribution in [1.29, 1.82) is 0 Å². The number of aryl methyl sites for hydroxylation is 1. The Morgan fingerprint density at radius 2 is 1.85 bits per heavy atom. The molecule has 0 aliphatic rings. The monoisotopic (exact) mass is 396 g/mol. The van der Waals surface area contributed by atoms with Gasteiger partial charge in [0.1, 0.15) is 0 Å². The van der Waals surface area contributed by atoms with Gasteiger partial charge in [0, 0.05) is 20.0 Å². The van der Waals surface area contributed by atoms with Crippen molar-refractivity contribution in [3.05, 3.63) is 47.8 Å². The van der Waals surface area contributed by atoms with Crippen molar-refractivity contribution in [3.63, 3.8) is 0 Å². The molecule has 1 amide bonds. The molecule has 0 spiro atoms. The molecule has 0 heterocycles. The summed E-state index contributed by atoms with van der Waals surface area (Å²) in [6, 6.07) is 7.96. The lowest BCUT2D eigenvalue weighted by atomic mass is 10.1. The predicted octanol–water partition coefficient (Wildman–Crippen LogP) is 2.30. The highest BCUT2D eigenvalue weighted by molar-refractivity contribution is 7.89. The summed E-state index contributed by atoms with van der Waals surface area (Å²) in [5, 5.41) is 12.4. The van der Waals surface area contributed by atoms with Gasteiger partial charge in [-0.1, -0.05) is 13.0 Å². The normalized spacial score (nSPS) is 11.2. The molecule has 7 nitrogen and oxygen atoms in total. The number of benzene rings is 2. The van der Waals surface area contributed by atoms with Gasteiger partial charge in [0.2, 0.25) is 15.9 Å². The molecular weight excluding hydrogens is 375 g/mol. The maximum absolute atomic E-state index is 14.3. The van der Waals surface area contributed by atoms with Crippen molar-refractivity contribution in [2.24, 2.45) is 0 Å². The van der Waals surface area contributed by atoms with Gasteiger partial charge in [-0.3, -0.25) is 4.79 Å². The van der Waals surface area contributed by atoms with Crippen molar-refractivity contribution in [2.75, 3.05) is 13.1 Å². The molecular formula is C18H21FN2O5S. The zero-order chi connectivity index (χ0) is 20.0. The summed E-state index contributed by atoms with van der Waals surface area (Å²) in [5.74, 6) is -1.46. The third kappa shape index (κ3) is 5.66. The summed E-state index contributed by atoms with van der Waals surface area (Å²) in [4.78, 5) is 10.5. The molecule has 146 valence electrons. The van der Waals surface area contributed by atoms with Crippen molar-refractivity contribution < 1.29 is 27.4 Å². The van der Waals surface area contributed by atoms with Gasteiger partial charge in [-0.15, -0.1) is 0 Å². The Hall–Kier alpha value is -2.65. The maximum Gasteiger partial charge on any atom is 0.240 e. The number of aromatic hydroxyl groups is 1. The zero-order valence-electron chi connectivity index (χ0n) is 15.0. The Morgan fingerprint density at radius 1 is 1.15 bits per heavy atom.